The largest absolute Gasteiger partial charge is 0.473 e. The fraction of sp³-hybridized carbons (Fsp3) is 0.143. The Labute approximate surface area is 198 Å². The van der Waals surface area contributed by atoms with Crippen molar-refractivity contribution in [2.75, 3.05) is 7.11 Å². The minimum Gasteiger partial charge on any atom is -0.473 e. The number of nitrogens with zero attached hydrogens (tertiary/aromatic N) is 1. The third-order valence-corrected chi connectivity index (χ3v) is 5.86. The molecule has 1 aromatic heterocycles. The number of hydrogen-bond donors (Lipinski definition) is 1. The molecule has 4 aromatic rings. The number of ether oxygens (including phenoxy) is 2. The summed E-state index contributed by atoms with van der Waals surface area (Å²) in [6.45, 7) is 6.45. The lowest BCUT2D eigenvalue weighted by Crippen LogP contribution is -2.20. The number of fused-ring (bicyclic) bond motifs is 1. The van der Waals surface area contributed by atoms with Gasteiger partial charge in [-0.05, 0) is 24.6 Å². The molecule has 1 atom stereocenters. The number of esters is 1. The molecule has 0 aliphatic rings. The number of hydrogen-bond acceptors (Lipinski definition) is 4. The topological polar surface area (TPSA) is 83.5 Å². The molecule has 0 fully saturated rings. The van der Waals surface area contributed by atoms with Crippen LogP contribution >= 0.6 is 0 Å². The Morgan fingerprint density at radius 2 is 1.62 bits per heavy atom. The van der Waals surface area contributed by atoms with Crippen molar-refractivity contribution in [2.24, 2.45) is 5.73 Å². The lowest BCUT2D eigenvalue weighted by Gasteiger charge is -2.18. The van der Waals surface area contributed by atoms with E-state index in [2.05, 4.69) is 11.1 Å². The molecule has 0 aliphatic carbocycles. The van der Waals surface area contributed by atoms with Gasteiger partial charge in [-0.1, -0.05) is 73.3 Å². The summed E-state index contributed by atoms with van der Waals surface area (Å²) in [4.78, 5) is 24.8. The molecule has 172 valence electrons. The van der Waals surface area contributed by atoms with Crippen LogP contribution in [0.2, 0.25) is 0 Å². The van der Waals surface area contributed by atoms with Gasteiger partial charge in [0, 0.05) is 28.9 Å². The predicted molar refractivity (Wildman–Crippen MR) is 132 cm³/mol. The van der Waals surface area contributed by atoms with E-state index in [9.17, 15) is 9.59 Å². The Kier molecular flexibility index (Phi) is 6.50. The van der Waals surface area contributed by atoms with Gasteiger partial charge in [-0.3, -0.25) is 4.79 Å². The zero-order valence-corrected chi connectivity index (χ0v) is 19.2. The average Bonchev–Trinajstić information content (AvgIpc) is 3.14. The first kappa shape index (κ1) is 22.9. The van der Waals surface area contributed by atoms with Crippen LogP contribution in [0, 0.1) is 6.92 Å². The highest BCUT2D eigenvalue weighted by atomic mass is 16.6. The average molecular weight is 455 g/mol. The summed E-state index contributed by atoms with van der Waals surface area (Å²) in [6, 6.07) is 24.7. The maximum absolute atomic E-state index is 12.6. The van der Waals surface area contributed by atoms with E-state index in [1.807, 2.05) is 67.6 Å². The molecule has 3 aromatic carbocycles. The summed E-state index contributed by atoms with van der Waals surface area (Å²) in [7, 11) is 1.32. The van der Waals surface area contributed by atoms with E-state index in [0.29, 0.717) is 28.8 Å². The van der Waals surface area contributed by atoms with Gasteiger partial charge in [0.2, 0.25) is 12.0 Å². The van der Waals surface area contributed by atoms with Crippen LogP contribution in [0.25, 0.3) is 16.5 Å². The number of carbonyl (C=O) groups excluding carboxylic acids is 2. The molecule has 0 bridgehead atoms. The lowest BCUT2D eigenvalue weighted by atomic mass is 10.0. The smallest absolute Gasteiger partial charge is 0.351 e. The molecule has 2 N–H and O–H groups in total. The zero-order chi connectivity index (χ0) is 24.2. The lowest BCUT2D eigenvalue weighted by molar-refractivity contribution is -0.149. The van der Waals surface area contributed by atoms with Gasteiger partial charge in [-0.15, -0.1) is 0 Å². The van der Waals surface area contributed by atoms with E-state index in [1.165, 1.54) is 7.11 Å². The minimum absolute atomic E-state index is 0.180. The number of rotatable bonds is 8. The standard InChI is InChI=1S/C28H26N2O4/c1-18(27(29)31)24-19(2)30(17-20-11-6-4-7-12-20)22-15-10-16-23(25(22)24)34-26(28(32)33-3)21-13-8-5-9-14-21/h4-16,26H,1,17H2,2-3H3,(H2,29,31). The summed E-state index contributed by atoms with van der Waals surface area (Å²) in [6.07, 6.45) is -0.982. The Morgan fingerprint density at radius 3 is 2.24 bits per heavy atom. The monoisotopic (exact) mass is 454 g/mol. The van der Waals surface area contributed by atoms with E-state index >= 15 is 0 Å². The number of primary amides is 1. The second kappa shape index (κ2) is 9.67. The van der Waals surface area contributed by atoms with Crippen molar-refractivity contribution in [3.63, 3.8) is 0 Å². The van der Waals surface area contributed by atoms with E-state index in [4.69, 9.17) is 15.2 Å². The van der Waals surface area contributed by atoms with E-state index in [1.54, 1.807) is 18.2 Å². The number of nitrogens with two attached hydrogens (primary N) is 1. The van der Waals surface area contributed by atoms with Crippen LogP contribution in [-0.4, -0.2) is 23.6 Å². The number of methoxy groups -OCH3 is 1. The predicted octanol–water partition coefficient (Wildman–Crippen LogP) is 4.79. The van der Waals surface area contributed by atoms with Gasteiger partial charge >= 0.3 is 5.97 Å². The van der Waals surface area contributed by atoms with Crippen LogP contribution < -0.4 is 10.5 Å². The summed E-state index contributed by atoms with van der Waals surface area (Å²) >= 11 is 0. The SMILES string of the molecule is C=C(C(N)=O)c1c(C)n(Cc2ccccc2)c2cccc(OC(C(=O)OC)c3ccccc3)c12. The van der Waals surface area contributed by atoms with Gasteiger partial charge in [0.1, 0.15) is 5.75 Å². The minimum atomic E-state index is -0.982. The van der Waals surface area contributed by atoms with Crippen LogP contribution in [0.1, 0.15) is 28.5 Å². The second-order valence-corrected chi connectivity index (χ2v) is 7.96. The molecule has 0 spiro atoms. The molecule has 6 heteroatoms. The third-order valence-electron chi connectivity index (χ3n) is 5.86. The van der Waals surface area contributed by atoms with Gasteiger partial charge in [0.05, 0.1) is 18.0 Å². The molecule has 1 unspecified atom stereocenters. The van der Waals surface area contributed by atoms with Crippen molar-refractivity contribution in [3.8, 4) is 5.75 Å². The molecular formula is C28H26N2O4. The highest BCUT2D eigenvalue weighted by Gasteiger charge is 2.27. The van der Waals surface area contributed by atoms with Crippen molar-refractivity contribution in [1.29, 1.82) is 0 Å². The van der Waals surface area contributed by atoms with Crippen LogP contribution in [0.4, 0.5) is 0 Å². The number of benzene rings is 3. The Bertz CT molecular complexity index is 1360. The van der Waals surface area contributed by atoms with Crippen LogP contribution in [-0.2, 0) is 20.9 Å². The quantitative estimate of drug-likeness (QED) is 0.307. The van der Waals surface area contributed by atoms with Crippen molar-refractivity contribution in [1.82, 2.24) is 4.57 Å². The Morgan fingerprint density at radius 1 is 0.971 bits per heavy atom. The van der Waals surface area contributed by atoms with Gasteiger partial charge in [-0.2, -0.15) is 0 Å². The number of carbonyl (C=O) groups is 2. The molecule has 1 heterocycles. The Hall–Kier alpha value is -4.32. The van der Waals surface area contributed by atoms with E-state index in [0.717, 1.165) is 16.8 Å². The molecule has 6 nitrogen and oxygen atoms in total. The summed E-state index contributed by atoms with van der Waals surface area (Å²) in [5, 5.41) is 0.671. The third kappa shape index (κ3) is 4.30. The van der Waals surface area contributed by atoms with E-state index in [-0.39, 0.29) is 5.57 Å². The van der Waals surface area contributed by atoms with Crippen molar-refractivity contribution < 1.29 is 19.1 Å². The molecule has 0 saturated carbocycles. The molecule has 4 rings (SSSR count). The number of aromatic nitrogens is 1. The Balaban J connectivity index is 1.91. The van der Waals surface area contributed by atoms with Crippen molar-refractivity contribution >= 4 is 28.4 Å². The summed E-state index contributed by atoms with van der Waals surface area (Å²) in [5.41, 5.74) is 9.84. The first-order valence-corrected chi connectivity index (χ1v) is 10.9. The van der Waals surface area contributed by atoms with Gasteiger partial charge < -0.3 is 19.8 Å². The van der Waals surface area contributed by atoms with Crippen LogP contribution in [0.5, 0.6) is 5.75 Å². The highest BCUT2D eigenvalue weighted by Crippen LogP contribution is 2.39. The normalized spacial score (nSPS) is 11.7. The maximum atomic E-state index is 12.6. The fourth-order valence-corrected chi connectivity index (χ4v) is 4.17. The first-order chi connectivity index (χ1) is 16.4. The first-order valence-electron chi connectivity index (χ1n) is 10.9. The molecule has 0 radical (unpaired) electrons. The molecule has 0 aliphatic heterocycles. The summed E-state index contributed by atoms with van der Waals surface area (Å²) < 4.78 is 13.4. The second-order valence-electron chi connectivity index (χ2n) is 7.96. The fourth-order valence-electron chi connectivity index (χ4n) is 4.17. The molecule has 1 amide bonds. The summed E-state index contributed by atoms with van der Waals surface area (Å²) in [5.74, 6) is -0.716. The highest BCUT2D eigenvalue weighted by molar-refractivity contribution is 6.22. The number of amides is 1. The maximum Gasteiger partial charge on any atom is 0.351 e. The molecule has 0 saturated heterocycles. The van der Waals surface area contributed by atoms with Crippen molar-refractivity contribution in [3.05, 3.63) is 108 Å². The molecular weight excluding hydrogens is 428 g/mol. The van der Waals surface area contributed by atoms with Crippen LogP contribution in [0.3, 0.4) is 0 Å². The molecule has 34 heavy (non-hydrogen) atoms. The van der Waals surface area contributed by atoms with Crippen molar-refractivity contribution in [2.45, 2.75) is 19.6 Å². The van der Waals surface area contributed by atoms with E-state index < -0.39 is 18.0 Å². The van der Waals surface area contributed by atoms with Gasteiger partial charge in [0.15, 0.2) is 0 Å². The zero-order valence-electron chi connectivity index (χ0n) is 19.2. The van der Waals surface area contributed by atoms with Crippen LogP contribution in [0.15, 0.2) is 85.4 Å². The van der Waals surface area contributed by atoms with Gasteiger partial charge in [0.25, 0.3) is 0 Å². The van der Waals surface area contributed by atoms with Gasteiger partial charge in [-0.25, -0.2) is 4.79 Å².